The van der Waals surface area contributed by atoms with E-state index in [2.05, 4.69) is 5.10 Å². The zero-order chi connectivity index (χ0) is 18.8. The van der Waals surface area contributed by atoms with Crippen LogP contribution in [0.15, 0.2) is 30.3 Å². The van der Waals surface area contributed by atoms with E-state index in [-0.39, 0.29) is 12.5 Å². The van der Waals surface area contributed by atoms with Gasteiger partial charge in [-0.15, -0.1) is 0 Å². The highest BCUT2D eigenvalue weighted by atomic mass is 16.5. The molecule has 0 radical (unpaired) electrons. The minimum atomic E-state index is -1.03. The highest BCUT2D eigenvalue weighted by molar-refractivity contribution is 5.83. The number of benzene rings is 1. The van der Waals surface area contributed by atoms with E-state index in [9.17, 15) is 9.59 Å². The van der Waals surface area contributed by atoms with Crippen LogP contribution in [-0.2, 0) is 14.3 Å². The number of amides is 1. The van der Waals surface area contributed by atoms with Crippen molar-refractivity contribution in [1.82, 2.24) is 14.7 Å². The molecule has 0 spiro atoms. The number of aryl methyl sites for hydroxylation is 1. The molecule has 1 aliphatic heterocycles. The summed E-state index contributed by atoms with van der Waals surface area (Å²) in [5, 5.41) is 13.6. The van der Waals surface area contributed by atoms with Crippen LogP contribution in [0.4, 0.5) is 0 Å². The smallest absolute Gasteiger partial charge is 0.323 e. The first-order chi connectivity index (χ1) is 12.4. The fourth-order valence-electron chi connectivity index (χ4n) is 3.58. The van der Waals surface area contributed by atoms with Crippen LogP contribution in [0.1, 0.15) is 29.5 Å². The molecule has 0 unspecified atom stereocenters. The summed E-state index contributed by atoms with van der Waals surface area (Å²) < 4.78 is 7.75. The third kappa shape index (κ3) is 3.35. The molecule has 2 atom stereocenters. The Morgan fingerprint density at radius 3 is 2.65 bits per heavy atom. The van der Waals surface area contributed by atoms with Crippen LogP contribution in [0.5, 0.6) is 0 Å². The largest absolute Gasteiger partial charge is 0.480 e. The number of carboxylic acid groups (broad SMARTS) is 1. The number of aromatic nitrogens is 2. The first-order valence-corrected chi connectivity index (χ1v) is 8.60. The van der Waals surface area contributed by atoms with Gasteiger partial charge in [-0.2, -0.15) is 5.10 Å². The van der Waals surface area contributed by atoms with Crippen molar-refractivity contribution in [2.75, 3.05) is 20.2 Å². The zero-order valence-electron chi connectivity index (χ0n) is 15.2. The molecular formula is C19H23N3O4. The lowest BCUT2D eigenvalue weighted by Gasteiger charge is -2.23. The first-order valence-electron chi connectivity index (χ1n) is 8.60. The maximum Gasteiger partial charge on any atom is 0.323 e. The number of rotatable bonds is 5. The SMILES string of the molecule is Cc1nn(-c2ccccc2)c(C)c1[C@H]1OCC[C@@H]1C(=O)N(C)CC(=O)O. The van der Waals surface area contributed by atoms with Crippen LogP contribution in [0.2, 0.25) is 0 Å². The summed E-state index contributed by atoms with van der Waals surface area (Å²) in [4.78, 5) is 24.9. The lowest BCUT2D eigenvalue weighted by atomic mass is 9.92. The summed E-state index contributed by atoms with van der Waals surface area (Å²) in [6.45, 7) is 4.03. The molecule has 0 aliphatic carbocycles. The predicted octanol–water partition coefficient (Wildman–Crippen LogP) is 2.11. The van der Waals surface area contributed by atoms with Crippen molar-refractivity contribution in [2.24, 2.45) is 5.92 Å². The fraction of sp³-hybridized carbons (Fsp3) is 0.421. The second-order valence-electron chi connectivity index (χ2n) is 6.61. The molecule has 7 nitrogen and oxygen atoms in total. The van der Waals surface area contributed by atoms with E-state index in [4.69, 9.17) is 9.84 Å². The minimum absolute atomic E-state index is 0.207. The predicted molar refractivity (Wildman–Crippen MR) is 95.1 cm³/mol. The molecule has 138 valence electrons. The van der Waals surface area contributed by atoms with Gasteiger partial charge in [0.05, 0.1) is 23.4 Å². The molecule has 1 aliphatic rings. The number of para-hydroxylation sites is 1. The number of carbonyl (C=O) groups is 2. The molecule has 1 aromatic heterocycles. The maximum atomic E-state index is 12.7. The Morgan fingerprint density at radius 2 is 2.00 bits per heavy atom. The summed E-state index contributed by atoms with van der Waals surface area (Å²) >= 11 is 0. The molecule has 0 bridgehead atoms. The van der Waals surface area contributed by atoms with E-state index >= 15 is 0 Å². The average molecular weight is 357 g/mol. The first kappa shape index (κ1) is 18.1. The Kier molecular flexibility index (Phi) is 5.08. The van der Waals surface area contributed by atoms with Gasteiger partial charge in [0.1, 0.15) is 6.54 Å². The number of ether oxygens (including phenoxy) is 1. The van der Waals surface area contributed by atoms with E-state index in [1.165, 1.54) is 11.9 Å². The quantitative estimate of drug-likeness (QED) is 0.886. The second kappa shape index (κ2) is 7.29. The molecule has 1 N–H and O–H groups in total. The van der Waals surface area contributed by atoms with E-state index in [1.807, 2.05) is 48.9 Å². The normalized spacial score (nSPS) is 19.5. The number of carboxylic acids is 1. The number of aliphatic carboxylic acids is 1. The zero-order valence-corrected chi connectivity index (χ0v) is 15.2. The van der Waals surface area contributed by atoms with Crippen molar-refractivity contribution < 1.29 is 19.4 Å². The summed E-state index contributed by atoms with van der Waals surface area (Å²) in [7, 11) is 1.51. The third-order valence-corrected chi connectivity index (χ3v) is 4.79. The lowest BCUT2D eigenvalue weighted by molar-refractivity contribution is -0.146. The van der Waals surface area contributed by atoms with Gasteiger partial charge < -0.3 is 14.7 Å². The van der Waals surface area contributed by atoms with Crippen LogP contribution in [-0.4, -0.2) is 51.9 Å². The molecule has 1 aromatic carbocycles. The molecular weight excluding hydrogens is 334 g/mol. The average Bonchev–Trinajstić information content (AvgIpc) is 3.18. The highest BCUT2D eigenvalue weighted by Crippen LogP contribution is 2.39. The molecule has 2 heterocycles. The maximum absolute atomic E-state index is 12.7. The van der Waals surface area contributed by atoms with E-state index in [0.717, 1.165) is 22.6 Å². The van der Waals surface area contributed by atoms with Gasteiger partial charge in [0.2, 0.25) is 5.91 Å². The Morgan fingerprint density at radius 1 is 1.31 bits per heavy atom. The third-order valence-electron chi connectivity index (χ3n) is 4.79. The lowest BCUT2D eigenvalue weighted by Crippen LogP contribution is -2.37. The Labute approximate surface area is 152 Å². The molecule has 3 rings (SSSR count). The van der Waals surface area contributed by atoms with Crippen molar-refractivity contribution >= 4 is 11.9 Å². The summed E-state index contributed by atoms with van der Waals surface area (Å²) in [6, 6.07) is 9.79. The van der Waals surface area contributed by atoms with Crippen LogP contribution in [0.3, 0.4) is 0 Å². The number of hydrogen-bond donors (Lipinski definition) is 1. The Hall–Kier alpha value is -2.67. The van der Waals surface area contributed by atoms with Crippen molar-refractivity contribution in [1.29, 1.82) is 0 Å². The van der Waals surface area contributed by atoms with Gasteiger partial charge in [0, 0.05) is 24.9 Å². The minimum Gasteiger partial charge on any atom is -0.480 e. The Balaban J connectivity index is 1.92. The number of hydrogen-bond acceptors (Lipinski definition) is 4. The van der Waals surface area contributed by atoms with E-state index < -0.39 is 18.0 Å². The van der Waals surface area contributed by atoms with E-state index in [0.29, 0.717) is 13.0 Å². The monoisotopic (exact) mass is 357 g/mol. The molecule has 1 fully saturated rings. The van der Waals surface area contributed by atoms with Gasteiger partial charge in [0.25, 0.3) is 0 Å². The van der Waals surface area contributed by atoms with Gasteiger partial charge >= 0.3 is 5.97 Å². The molecule has 1 saturated heterocycles. The van der Waals surface area contributed by atoms with Gasteiger partial charge in [-0.1, -0.05) is 18.2 Å². The van der Waals surface area contributed by atoms with Crippen LogP contribution >= 0.6 is 0 Å². The second-order valence-corrected chi connectivity index (χ2v) is 6.61. The van der Waals surface area contributed by atoms with Gasteiger partial charge in [-0.05, 0) is 32.4 Å². The molecule has 0 saturated carbocycles. The van der Waals surface area contributed by atoms with Crippen molar-refractivity contribution in [3.8, 4) is 5.69 Å². The number of nitrogens with zero attached hydrogens (tertiary/aromatic N) is 3. The molecule has 1 amide bonds. The standard InChI is InChI=1S/C19H23N3O4/c1-12-17(13(2)22(20-12)14-7-5-4-6-8-14)18-15(9-10-26-18)19(25)21(3)11-16(23)24/h4-8,15,18H,9-11H2,1-3H3,(H,23,24)/t15-,18-/m0/s1. The molecule has 2 aromatic rings. The van der Waals surface area contributed by atoms with Gasteiger partial charge in [-0.25, -0.2) is 4.68 Å². The fourth-order valence-corrected chi connectivity index (χ4v) is 3.58. The van der Waals surface area contributed by atoms with Crippen LogP contribution in [0, 0.1) is 19.8 Å². The van der Waals surface area contributed by atoms with E-state index in [1.54, 1.807) is 0 Å². The van der Waals surface area contributed by atoms with Crippen LogP contribution in [0.25, 0.3) is 5.69 Å². The highest BCUT2D eigenvalue weighted by Gasteiger charge is 2.39. The van der Waals surface area contributed by atoms with Crippen molar-refractivity contribution in [3.63, 3.8) is 0 Å². The van der Waals surface area contributed by atoms with Crippen molar-refractivity contribution in [2.45, 2.75) is 26.4 Å². The number of carbonyl (C=O) groups excluding carboxylic acids is 1. The van der Waals surface area contributed by atoms with Gasteiger partial charge in [0.15, 0.2) is 0 Å². The number of likely N-dealkylation sites (N-methyl/N-ethyl adjacent to an activating group) is 1. The van der Waals surface area contributed by atoms with Gasteiger partial charge in [-0.3, -0.25) is 9.59 Å². The summed E-state index contributed by atoms with van der Waals surface area (Å²) in [5.74, 6) is -1.63. The Bertz CT molecular complexity index is 816. The molecule has 7 heteroatoms. The molecule has 26 heavy (non-hydrogen) atoms. The summed E-state index contributed by atoms with van der Waals surface area (Å²) in [6.07, 6.45) is 0.166. The summed E-state index contributed by atoms with van der Waals surface area (Å²) in [5.41, 5.74) is 3.60. The van der Waals surface area contributed by atoms with Crippen LogP contribution < -0.4 is 0 Å². The van der Waals surface area contributed by atoms with Crippen molar-refractivity contribution in [3.05, 3.63) is 47.3 Å². The topological polar surface area (TPSA) is 84.7 Å².